The molecule has 16 heteroatoms. The van der Waals surface area contributed by atoms with Gasteiger partial charge in [-0.1, -0.05) is 0 Å². The van der Waals surface area contributed by atoms with Crippen LogP contribution in [0.15, 0.2) is 0 Å². The summed E-state index contributed by atoms with van der Waals surface area (Å²) in [6.45, 7) is -0.510. The fourth-order valence-corrected chi connectivity index (χ4v) is 5.46. The monoisotopic (exact) mass is 540 g/mol. The summed E-state index contributed by atoms with van der Waals surface area (Å²) in [5, 5.41) is 44.1. The molecule has 4 rings (SSSR count). The standard InChI is InChI=1S/C21H41FN6O9/c1-28-13-15(31)18-8(33-20(13)37-21-16(32)14(30)12(27)9(4-29)34-21)3-7(25)19(36-18)35-17-6(24)2-5(23)11(26)10(17)22/h5-21,28-32H,2-4,23-27H2,1H3/t5-,6?,7?,8+,9?,10-,11?,12-,13?,14+,15?,16?,17-,18?,19+,20?,21-/m1/s1. The fourth-order valence-electron chi connectivity index (χ4n) is 5.46. The van der Waals surface area contributed by atoms with Crippen molar-refractivity contribution in [3.05, 3.63) is 0 Å². The molecule has 0 radical (unpaired) electrons. The van der Waals surface area contributed by atoms with Gasteiger partial charge in [0.05, 0.1) is 36.9 Å². The molecule has 3 aliphatic heterocycles. The van der Waals surface area contributed by atoms with Gasteiger partial charge in [0.15, 0.2) is 18.9 Å². The van der Waals surface area contributed by atoms with Crippen molar-refractivity contribution in [3.8, 4) is 0 Å². The molecule has 4 fully saturated rings. The zero-order valence-electron chi connectivity index (χ0n) is 20.5. The van der Waals surface area contributed by atoms with Gasteiger partial charge in [-0.2, -0.15) is 0 Å². The lowest BCUT2D eigenvalue weighted by molar-refractivity contribution is -0.372. The number of nitrogens with two attached hydrogens (primary N) is 5. The highest BCUT2D eigenvalue weighted by atomic mass is 19.1. The Hall–Kier alpha value is -0.670. The maximum absolute atomic E-state index is 14.9. The molecule has 0 aromatic rings. The third kappa shape index (κ3) is 5.65. The summed E-state index contributed by atoms with van der Waals surface area (Å²) in [6.07, 6.45) is -12.9. The van der Waals surface area contributed by atoms with E-state index >= 15 is 0 Å². The molecule has 9 unspecified atom stereocenters. The van der Waals surface area contributed by atoms with Crippen molar-refractivity contribution in [2.45, 2.75) is 117 Å². The molecule has 0 spiro atoms. The van der Waals surface area contributed by atoms with Crippen LogP contribution in [0.25, 0.3) is 0 Å². The van der Waals surface area contributed by atoms with Gasteiger partial charge in [-0.15, -0.1) is 0 Å². The lowest BCUT2D eigenvalue weighted by Gasteiger charge is -2.51. The van der Waals surface area contributed by atoms with Gasteiger partial charge in [-0.25, -0.2) is 4.39 Å². The summed E-state index contributed by atoms with van der Waals surface area (Å²) in [4.78, 5) is 0. The predicted molar refractivity (Wildman–Crippen MR) is 124 cm³/mol. The Morgan fingerprint density at radius 3 is 2.16 bits per heavy atom. The van der Waals surface area contributed by atoms with E-state index in [-0.39, 0.29) is 12.8 Å². The lowest BCUT2D eigenvalue weighted by Crippen LogP contribution is -2.70. The van der Waals surface area contributed by atoms with Crippen molar-refractivity contribution in [2.75, 3.05) is 13.7 Å². The lowest BCUT2D eigenvalue weighted by atomic mass is 9.84. The molecule has 0 aromatic heterocycles. The van der Waals surface area contributed by atoms with E-state index in [1.165, 1.54) is 0 Å². The minimum atomic E-state index is -1.63. The van der Waals surface area contributed by atoms with Crippen LogP contribution < -0.4 is 34.0 Å². The van der Waals surface area contributed by atoms with E-state index in [4.69, 9.17) is 52.4 Å². The van der Waals surface area contributed by atoms with Crippen LogP contribution in [0.3, 0.4) is 0 Å². The maximum Gasteiger partial charge on any atom is 0.189 e. The van der Waals surface area contributed by atoms with Crippen molar-refractivity contribution in [2.24, 2.45) is 28.7 Å². The zero-order valence-corrected chi connectivity index (χ0v) is 20.5. The molecule has 0 aromatic carbocycles. The first-order valence-electron chi connectivity index (χ1n) is 12.5. The molecule has 3 saturated heterocycles. The molecule has 1 saturated carbocycles. The summed E-state index contributed by atoms with van der Waals surface area (Å²) >= 11 is 0. The number of likely N-dealkylation sites (N-methyl/N-ethyl adjacent to an activating group) is 1. The van der Waals surface area contributed by atoms with Crippen LogP contribution in [0.2, 0.25) is 0 Å². The van der Waals surface area contributed by atoms with E-state index in [9.17, 15) is 24.8 Å². The number of aliphatic hydroxyl groups is 4. The SMILES string of the molecule is CNC1C(O[C@H]2OC(CO)[C@@H](N)[C@H](O)C2O)O[C@H]2CC(N)[C@@H](O[C@@H]3C(N)C[C@@H](N)C(N)[C@H]3F)OC2C1O. The van der Waals surface area contributed by atoms with Crippen LogP contribution in [-0.2, 0) is 23.7 Å². The molecule has 37 heavy (non-hydrogen) atoms. The second kappa shape index (κ2) is 11.8. The molecule has 15 N–H and O–H groups in total. The highest BCUT2D eigenvalue weighted by molar-refractivity contribution is 5.02. The Kier molecular flexibility index (Phi) is 9.37. The number of aliphatic hydroxyl groups excluding tert-OH is 4. The van der Waals surface area contributed by atoms with Gasteiger partial charge < -0.3 is 78.1 Å². The molecular formula is C21H41FN6O9. The van der Waals surface area contributed by atoms with Crippen molar-refractivity contribution in [1.82, 2.24) is 5.32 Å². The Bertz CT molecular complexity index is 761. The van der Waals surface area contributed by atoms with E-state index in [0.29, 0.717) is 0 Å². The number of halogens is 1. The van der Waals surface area contributed by atoms with Crippen LogP contribution in [0, 0.1) is 0 Å². The average molecular weight is 541 g/mol. The molecule has 17 atom stereocenters. The van der Waals surface area contributed by atoms with E-state index in [1.54, 1.807) is 7.05 Å². The first kappa shape index (κ1) is 29.3. The number of nitrogens with one attached hydrogen (secondary N) is 1. The van der Waals surface area contributed by atoms with Crippen LogP contribution in [0.5, 0.6) is 0 Å². The fraction of sp³-hybridized carbons (Fsp3) is 1.00. The Labute approximate surface area is 213 Å². The zero-order chi connectivity index (χ0) is 27.2. The number of hydrogen-bond acceptors (Lipinski definition) is 15. The quantitative estimate of drug-likeness (QED) is 0.150. The summed E-state index contributed by atoms with van der Waals surface area (Å²) in [6, 6.07) is -4.97. The molecule has 3 heterocycles. The van der Waals surface area contributed by atoms with Gasteiger partial charge in [0, 0.05) is 12.1 Å². The number of rotatable bonds is 6. The van der Waals surface area contributed by atoms with E-state index in [1.807, 2.05) is 0 Å². The van der Waals surface area contributed by atoms with Crippen molar-refractivity contribution in [3.63, 3.8) is 0 Å². The summed E-state index contributed by atoms with van der Waals surface area (Å²) in [5.74, 6) is 0. The first-order valence-corrected chi connectivity index (χ1v) is 12.5. The number of alkyl halides is 1. The van der Waals surface area contributed by atoms with E-state index < -0.39 is 111 Å². The first-order chi connectivity index (χ1) is 17.5. The molecule has 15 nitrogen and oxygen atoms in total. The second-order valence-electron chi connectivity index (χ2n) is 10.3. The van der Waals surface area contributed by atoms with Gasteiger partial charge in [-0.3, -0.25) is 0 Å². The van der Waals surface area contributed by atoms with Gasteiger partial charge >= 0.3 is 0 Å². The maximum atomic E-state index is 14.9. The normalized spacial score (nSPS) is 55.1. The van der Waals surface area contributed by atoms with E-state index in [2.05, 4.69) is 5.32 Å². The largest absolute Gasteiger partial charge is 0.394 e. The Balaban J connectivity index is 1.43. The molecule has 0 amide bonds. The van der Waals surface area contributed by atoms with Gasteiger partial charge in [-0.05, 0) is 19.9 Å². The minimum Gasteiger partial charge on any atom is -0.394 e. The molecular weight excluding hydrogens is 499 g/mol. The molecule has 216 valence electrons. The predicted octanol–water partition coefficient (Wildman–Crippen LogP) is -6.01. The minimum absolute atomic E-state index is 0.147. The highest BCUT2D eigenvalue weighted by Crippen LogP contribution is 2.35. The molecule has 0 bridgehead atoms. The van der Waals surface area contributed by atoms with Gasteiger partial charge in [0.2, 0.25) is 0 Å². The smallest absolute Gasteiger partial charge is 0.189 e. The molecule has 4 aliphatic rings. The Morgan fingerprint density at radius 2 is 1.51 bits per heavy atom. The van der Waals surface area contributed by atoms with Crippen molar-refractivity contribution >= 4 is 0 Å². The second-order valence-corrected chi connectivity index (χ2v) is 10.3. The topological polar surface area (TPSA) is 269 Å². The Morgan fingerprint density at radius 1 is 0.811 bits per heavy atom. The van der Waals surface area contributed by atoms with Crippen LogP contribution in [0.4, 0.5) is 4.39 Å². The third-order valence-corrected chi connectivity index (χ3v) is 7.79. The van der Waals surface area contributed by atoms with Crippen molar-refractivity contribution < 1.29 is 48.5 Å². The van der Waals surface area contributed by atoms with Gasteiger partial charge in [0.25, 0.3) is 0 Å². The number of fused-ring (bicyclic) bond motifs is 1. The molecule has 1 aliphatic carbocycles. The van der Waals surface area contributed by atoms with E-state index in [0.717, 1.165) is 0 Å². The van der Waals surface area contributed by atoms with Crippen LogP contribution in [0.1, 0.15) is 12.8 Å². The highest BCUT2D eigenvalue weighted by Gasteiger charge is 2.54. The number of hydrogen-bond donors (Lipinski definition) is 10. The van der Waals surface area contributed by atoms with Crippen molar-refractivity contribution in [1.29, 1.82) is 0 Å². The third-order valence-electron chi connectivity index (χ3n) is 7.79. The summed E-state index contributed by atoms with van der Waals surface area (Å²) in [7, 11) is 1.55. The summed E-state index contributed by atoms with van der Waals surface area (Å²) < 4.78 is 44.0. The van der Waals surface area contributed by atoms with Gasteiger partial charge in [0.1, 0.15) is 42.8 Å². The summed E-state index contributed by atoms with van der Waals surface area (Å²) in [5.41, 5.74) is 29.8. The van der Waals surface area contributed by atoms with Crippen LogP contribution >= 0.6 is 0 Å². The number of ether oxygens (including phenoxy) is 5. The average Bonchev–Trinajstić information content (AvgIpc) is 2.86. The van der Waals surface area contributed by atoms with Crippen LogP contribution in [-0.4, -0.2) is 138 Å².